The standard InChI is InChI=1S/C18H19NO/c1-2-8-18(20)19-16-12-7-6-11-15(16)13-17(19)14-9-4-3-5-10-14/h3-7,9-13,18,20H,2,8H2,1H3. The number of nitrogens with zero attached hydrogens (tertiary/aromatic N) is 1. The molecule has 2 aromatic carbocycles. The van der Waals surface area contributed by atoms with Gasteiger partial charge < -0.3 is 9.67 Å². The molecule has 20 heavy (non-hydrogen) atoms. The van der Waals surface area contributed by atoms with Gasteiger partial charge in [0.1, 0.15) is 6.23 Å². The second kappa shape index (κ2) is 5.51. The Kier molecular flexibility index (Phi) is 3.57. The van der Waals surface area contributed by atoms with Crippen molar-refractivity contribution in [2.45, 2.75) is 26.0 Å². The van der Waals surface area contributed by atoms with Gasteiger partial charge >= 0.3 is 0 Å². The van der Waals surface area contributed by atoms with E-state index in [2.05, 4.69) is 37.3 Å². The SMILES string of the molecule is CCCC(O)n1c(-c2ccccc2)cc2ccccc21. The maximum absolute atomic E-state index is 10.5. The molecule has 1 heterocycles. The molecule has 0 aliphatic heterocycles. The molecule has 0 fully saturated rings. The van der Waals surface area contributed by atoms with Crippen molar-refractivity contribution in [2.75, 3.05) is 0 Å². The normalized spacial score (nSPS) is 12.7. The molecule has 1 unspecified atom stereocenters. The molecule has 0 saturated carbocycles. The summed E-state index contributed by atoms with van der Waals surface area (Å²) >= 11 is 0. The molecule has 0 aliphatic rings. The summed E-state index contributed by atoms with van der Waals surface area (Å²) in [5.74, 6) is 0. The number of rotatable bonds is 4. The lowest BCUT2D eigenvalue weighted by Gasteiger charge is -2.17. The summed E-state index contributed by atoms with van der Waals surface area (Å²) in [7, 11) is 0. The molecule has 1 atom stereocenters. The maximum Gasteiger partial charge on any atom is 0.131 e. The van der Waals surface area contributed by atoms with Crippen molar-refractivity contribution in [3.63, 3.8) is 0 Å². The molecule has 1 aromatic heterocycles. The minimum Gasteiger partial charge on any atom is -0.373 e. The van der Waals surface area contributed by atoms with Crippen LogP contribution in [0.4, 0.5) is 0 Å². The Morgan fingerprint density at radius 3 is 2.45 bits per heavy atom. The highest BCUT2D eigenvalue weighted by Gasteiger charge is 2.15. The van der Waals surface area contributed by atoms with Gasteiger partial charge in [-0.1, -0.05) is 61.9 Å². The van der Waals surface area contributed by atoms with Crippen LogP contribution >= 0.6 is 0 Å². The lowest BCUT2D eigenvalue weighted by Crippen LogP contribution is -2.09. The van der Waals surface area contributed by atoms with E-state index >= 15 is 0 Å². The Bertz CT molecular complexity index is 700. The number of aliphatic hydroxyl groups is 1. The van der Waals surface area contributed by atoms with Crippen molar-refractivity contribution < 1.29 is 5.11 Å². The molecule has 0 bridgehead atoms. The van der Waals surface area contributed by atoms with E-state index in [1.54, 1.807) is 0 Å². The van der Waals surface area contributed by atoms with Crippen LogP contribution in [0.25, 0.3) is 22.2 Å². The van der Waals surface area contributed by atoms with Crippen LogP contribution < -0.4 is 0 Å². The summed E-state index contributed by atoms with van der Waals surface area (Å²) in [6, 6.07) is 20.6. The second-order valence-electron chi connectivity index (χ2n) is 5.09. The minimum atomic E-state index is -0.477. The van der Waals surface area contributed by atoms with E-state index in [-0.39, 0.29) is 0 Å². The predicted molar refractivity (Wildman–Crippen MR) is 83.5 cm³/mol. The molecule has 3 aromatic rings. The number of hydrogen-bond donors (Lipinski definition) is 1. The van der Waals surface area contributed by atoms with Crippen molar-refractivity contribution in [3.05, 3.63) is 60.7 Å². The quantitative estimate of drug-likeness (QED) is 0.732. The monoisotopic (exact) mass is 265 g/mol. The first-order chi connectivity index (χ1) is 9.81. The van der Waals surface area contributed by atoms with E-state index in [0.717, 1.165) is 29.6 Å². The van der Waals surface area contributed by atoms with Crippen LogP contribution in [0.2, 0.25) is 0 Å². The van der Waals surface area contributed by atoms with Crippen LogP contribution in [0.5, 0.6) is 0 Å². The number of aliphatic hydroxyl groups excluding tert-OH is 1. The summed E-state index contributed by atoms with van der Waals surface area (Å²) in [5.41, 5.74) is 3.30. The van der Waals surface area contributed by atoms with E-state index in [1.807, 2.05) is 34.9 Å². The van der Waals surface area contributed by atoms with Crippen molar-refractivity contribution in [1.29, 1.82) is 0 Å². The van der Waals surface area contributed by atoms with Gasteiger partial charge in [-0.15, -0.1) is 0 Å². The largest absolute Gasteiger partial charge is 0.373 e. The van der Waals surface area contributed by atoms with Gasteiger partial charge in [-0.2, -0.15) is 0 Å². The highest BCUT2D eigenvalue weighted by Crippen LogP contribution is 2.31. The van der Waals surface area contributed by atoms with Crippen LogP contribution in [0.15, 0.2) is 60.7 Å². The highest BCUT2D eigenvalue weighted by atomic mass is 16.3. The topological polar surface area (TPSA) is 25.2 Å². The smallest absolute Gasteiger partial charge is 0.131 e. The number of hydrogen-bond acceptors (Lipinski definition) is 1. The van der Waals surface area contributed by atoms with Gasteiger partial charge in [-0.05, 0) is 24.1 Å². The molecule has 0 saturated heterocycles. The van der Waals surface area contributed by atoms with Gasteiger partial charge in [-0.25, -0.2) is 0 Å². The Morgan fingerprint density at radius 2 is 1.70 bits per heavy atom. The Hall–Kier alpha value is -2.06. The van der Waals surface area contributed by atoms with Crippen molar-refractivity contribution in [2.24, 2.45) is 0 Å². The number of benzene rings is 2. The zero-order chi connectivity index (χ0) is 13.9. The fraction of sp³-hybridized carbons (Fsp3) is 0.222. The summed E-state index contributed by atoms with van der Waals surface area (Å²) in [4.78, 5) is 0. The first-order valence-electron chi connectivity index (χ1n) is 7.14. The van der Waals surface area contributed by atoms with Gasteiger partial charge in [-0.3, -0.25) is 0 Å². The number of para-hydroxylation sites is 1. The third kappa shape index (κ3) is 2.23. The molecule has 2 nitrogen and oxygen atoms in total. The first kappa shape index (κ1) is 12.9. The van der Waals surface area contributed by atoms with Crippen molar-refractivity contribution in [1.82, 2.24) is 4.57 Å². The average molecular weight is 265 g/mol. The number of fused-ring (bicyclic) bond motifs is 1. The minimum absolute atomic E-state index is 0.477. The van der Waals surface area contributed by atoms with Crippen molar-refractivity contribution in [3.8, 4) is 11.3 Å². The van der Waals surface area contributed by atoms with Crippen molar-refractivity contribution >= 4 is 10.9 Å². The van der Waals surface area contributed by atoms with E-state index < -0.39 is 6.23 Å². The molecule has 0 spiro atoms. The molecule has 1 N–H and O–H groups in total. The van der Waals surface area contributed by atoms with Crippen LogP contribution in [0.3, 0.4) is 0 Å². The fourth-order valence-electron chi connectivity index (χ4n) is 2.72. The number of aromatic nitrogens is 1. The first-order valence-corrected chi connectivity index (χ1v) is 7.14. The van der Waals surface area contributed by atoms with Crippen LogP contribution in [-0.2, 0) is 0 Å². The van der Waals surface area contributed by atoms with Gasteiger partial charge in [0.25, 0.3) is 0 Å². The summed E-state index contributed by atoms with van der Waals surface area (Å²) in [5, 5.41) is 11.7. The third-order valence-corrected chi connectivity index (χ3v) is 3.66. The van der Waals surface area contributed by atoms with E-state index in [9.17, 15) is 5.11 Å². The summed E-state index contributed by atoms with van der Waals surface area (Å²) in [6.07, 6.45) is 1.25. The lowest BCUT2D eigenvalue weighted by atomic mass is 10.1. The van der Waals surface area contributed by atoms with Gasteiger partial charge in [0.05, 0.1) is 11.2 Å². The highest BCUT2D eigenvalue weighted by molar-refractivity contribution is 5.87. The molecule has 2 heteroatoms. The van der Waals surface area contributed by atoms with Gasteiger partial charge in [0, 0.05) is 5.39 Å². The maximum atomic E-state index is 10.5. The van der Waals surface area contributed by atoms with Gasteiger partial charge in [0.2, 0.25) is 0 Å². The summed E-state index contributed by atoms with van der Waals surface area (Å²) in [6.45, 7) is 2.09. The van der Waals surface area contributed by atoms with Gasteiger partial charge in [0.15, 0.2) is 0 Å². The van der Waals surface area contributed by atoms with E-state index in [4.69, 9.17) is 0 Å². The predicted octanol–water partition coefficient (Wildman–Crippen LogP) is 4.60. The molecule has 0 aliphatic carbocycles. The molecule has 3 rings (SSSR count). The van der Waals surface area contributed by atoms with E-state index in [1.165, 1.54) is 5.39 Å². The molecule has 102 valence electrons. The lowest BCUT2D eigenvalue weighted by molar-refractivity contribution is 0.0999. The Morgan fingerprint density at radius 1 is 1.00 bits per heavy atom. The zero-order valence-corrected chi connectivity index (χ0v) is 11.7. The van der Waals surface area contributed by atoms with Crippen LogP contribution in [0, 0.1) is 0 Å². The molecule has 0 amide bonds. The second-order valence-corrected chi connectivity index (χ2v) is 5.09. The van der Waals surface area contributed by atoms with Crippen LogP contribution in [-0.4, -0.2) is 9.67 Å². The molecular formula is C18H19NO. The molecule has 0 radical (unpaired) electrons. The summed E-state index contributed by atoms with van der Waals surface area (Å²) < 4.78 is 2.05. The van der Waals surface area contributed by atoms with E-state index in [0.29, 0.717) is 0 Å². The average Bonchev–Trinajstić information content (AvgIpc) is 2.88. The fourth-order valence-corrected chi connectivity index (χ4v) is 2.72. The Labute approximate surface area is 119 Å². The third-order valence-electron chi connectivity index (χ3n) is 3.66. The Balaban J connectivity index is 2.23. The van der Waals surface area contributed by atoms with Crippen LogP contribution in [0.1, 0.15) is 26.0 Å². The molecular weight excluding hydrogens is 246 g/mol. The zero-order valence-electron chi connectivity index (χ0n) is 11.7.